The number of rotatable bonds is 4. The standard InChI is InChI=1S/C18H19N3O2/c22-18(13-8-9-13)21-10-4-7-16(21)15-11-19-12-17(20-15)23-14-5-2-1-3-6-14/h1-3,5-6,11-13,16H,4,7-10H2. The zero-order valence-corrected chi connectivity index (χ0v) is 12.9. The van der Waals surface area contributed by atoms with E-state index in [-0.39, 0.29) is 17.9 Å². The van der Waals surface area contributed by atoms with Gasteiger partial charge in [0.15, 0.2) is 0 Å². The number of likely N-dealkylation sites (tertiary alicyclic amines) is 1. The van der Waals surface area contributed by atoms with Crippen molar-refractivity contribution in [3.05, 3.63) is 48.4 Å². The van der Waals surface area contributed by atoms with Crippen LogP contribution in [0.5, 0.6) is 11.6 Å². The number of hydrogen-bond donors (Lipinski definition) is 0. The molecule has 1 aromatic carbocycles. The van der Waals surface area contributed by atoms with Gasteiger partial charge in [-0.25, -0.2) is 4.98 Å². The lowest BCUT2D eigenvalue weighted by Crippen LogP contribution is -2.32. The van der Waals surface area contributed by atoms with E-state index in [1.54, 1.807) is 12.4 Å². The molecule has 1 saturated carbocycles. The maximum atomic E-state index is 12.4. The third kappa shape index (κ3) is 3.04. The minimum atomic E-state index is 0.0370. The molecule has 2 aromatic rings. The molecular weight excluding hydrogens is 290 g/mol. The van der Waals surface area contributed by atoms with E-state index in [9.17, 15) is 4.79 Å². The quantitative estimate of drug-likeness (QED) is 0.869. The molecule has 23 heavy (non-hydrogen) atoms. The maximum absolute atomic E-state index is 12.4. The van der Waals surface area contributed by atoms with Crippen LogP contribution < -0.4 is 4.74 Å². The summed E-state index contributed by atoms with van der Waals surface area (Å²) in [5.41, 5.74) is 0.824. The maximum Gasteiger partial charge on any atom is 0.238 e. The zero-order chi connectivity index (χ0) is 15.6. The first-order chi connectivity index (χ1) is 11.3. The average molecular weight is 309 g/mol. The first kappa shape index (κ1) is 14.2. The second-order valence-corrected chi connectivity index (χ2v) is 6.16. The minimum absolute atomic E-state index is 0.0370. The van der Waals surface area contributed by atoms with Gasteiger partial charge < -0.3 is 9.64 Å². The Bertz CT molecular complexity index is 700. The Balaban J connectivity index is 1.54. The van der Waals surface area contributed by atoms with Crippen LogP contribution in [0, 0.1) is 5.92 Å². The predicted molar refractivity (Wildman–Crippen MR) is 85.0 cm³/mol. The molecule has 2 fully saturated rings. The topological polar surface area (TPSA) is 55.3 Å². The van der Waals surface area contributed by atoms with Gasteiger partial charge in [-0.2, -0.15) is 0 Å². The van der Waals surface area contributed by atoms with Crippen molar-refractivity contribution in [2.45, 2.75) is 31.7 Å². The predicted octanol–water partition coefficient (Wildman–Crippen LogP) is 3.34. The molecule has 1 atom stereocenters. The molecule has 4 rings (SSSR count). The molecular formula is C18H19N3O2. The molecule has 2 aliphatic rings. The third-order valence-electron chi connectivity index (χ3n) is 4.40. The van der Waals surface area contributed by atoms with Crippen molar-refractivity contribution in [1.29, 1.82) is 0 Å². The van der Waals surface area contributed by atoms with Crippen molar-refractivity contribution < 1.29 is 9.53 Å². The van der Waals surface area contributed by atoms with Gasteiger partial charge in [0.1, 0.15) is 5.75 Å². The van der Waals surface area contributed by atoms with E-state index in [0.29, 0.717) is 5.88 Å². The highest BCUT2D eigenvalue weighted by Crippen LogP contribution is 2.38. The molecule has 0 radical (unpaired) electrons. The van der Waals surface area contributed by atoms with Crippen molar-refractivity contribution in [3.8, 4) is 11.6 Å². The number of benzene rings is 1. The molecule has 0 N–H and O–H groups in total. The number of aromatic nitrogens is 2. The molecule has 2 heterocycles. The SMILES string of the molecule is O=C(C1CC1)N1CCCC1c1cncc(Oc2ccccc2)n1. The van der Waals surface area contributed by atoms with Crippen LogP contribution in [-0.2, 0) is 4.79 Å². The van der Waals surface area contributed by atoms with Gasteiger partial charge in [0, 0.05) is 12.5 Å². The number of hydrogen-bond acceptors (Lipinski definition) is 4. The summed E-state index contributed by atoms with van der Waals surface area (Å²) in [5.74, 6) is 1.73. The van der Waals surface area contributed by atoms with Gasteiger partial charge in [-0.3, -0.25) is 9.78 Å². The van der Waals surface area contributed by atoms with Crippen LogP contribution in [0.2, 0.25) is 0 Å². The summed E-state index contributed by atoms with van der Waals surface area (Å²) in [6.07, 6.45) is 7.39. The van der Waals surface area contributed by atoms with Crippen LogP contribution in [0.4, 0.5) is 0 Å². The summed E-state index contributed by atoms with van der Waals surface area (Å²) in [4.78, 5) is 23.2. The molecule has 5 nitrogen and oxygen atoms in total. The van der Waals surface area contributed by atoms with Crippen molar-refractivity contribution in [1.82, 2.24) is 14.9 Å². The minimum Gasteiger partial charge on any atom is -0.437 e. The van der Waals surface area contributed by atoms with E-state index < -0.39 is 0 Å². The first-order valence-corrected chi connectivity index (χ1v) is 8.16. The fraction of sp³-hybridized carbons (Fsp3) is 0.389. The molecule has 118 valence electrons. The van der Waals surface area contributed by atoms with Gasteiger partial charge in [-0.05, 0) is 37.8 Å². The van der Waals surface area contributed by atoms with Crippen LogP contribution in [0.1, 0.15) is 37.4 Å². The second-order valence-electron chi connectivity index (χ2n) is 6.16. The largest absolute Gasteiger partial charge is 0.437 e. The third-order valence-corrected chi connectivity index (χ3v) is 4.40. The fourth-order valence-corrected chi connectivity index (χ4v) is 3.08. The van der Waals surface area contributed by atoms with Crippen LogP contribution in [0.15, 0.2) is 42.7 Å². The Morgan fingerprint density at radius 2 is 1.96 bits per heavy atom. The summed E-state index contributed by atoms with van der Waals surface area (Å²) in [6.45, 7) is 0.825. The van der Waals surface area contributed by atoms with E-state index in [2.05, 4.69) is 9.97 Å². The molecule has 1 unspecified atom stereocenters. The van der Waals surface area contributed by atoms with E-state index >= 15 is 0 Å². The lowest BCUT2D eigenvalue weighted by molar-refractivity contribution is -0.133. The average Bonchev–Trinajstić information content (AvgIpc) is 3.32. The lowest BCUT2D eigenvalue weighted by Gasteiger charge is -2.24. The fourth-order valence-electron chi connectivity index (χ4n) is 3.08. The monoisotopic (exact) mass is 309 g/mol. The van der Waals surface area contributed by atoms with Gasteiger partial charge in [-0.15, -0.1) is 0 Å². The number of para-hydroxylation sites is 1. The van der Waals surface area contributed by atoms with Crippen LogP contribution in [0.3, 0.4) is 0 Å². The van der Waals surface area contributed by atoms with Gasteiger partial charge in [0.05, 0.1) is 24.1 Å². The van der Waals surface area contributed by atoms with Crippen molar-refractivity contribution in [2.75, 3.05) is 6.54 Å². The highest BCUT2D eigenvalue weighted by atomic mass is 16.5. The van der Waals surface area contributed by atoms with Gasteiger partial charge >= 0.3 is 0 Å². The molecule has 1 amide bonds. The van der Waals surface area contributed by atoms with Crippen LogP contribution in [-0.4, -0.2) is 27.3 Å². The summed E-state index contributed by atoms with van der Waals surface area (Å²) in [5, 5.41) is 0. The Morgan fingerprint density at radius 1 is 1.13 bits per heavy atom. The Hall–Kier alpha value is -2.43. The highest BCUT2D eigenvalue weighted by molar-refractivity contribution is 5.81. The van der Waals surface area contributed by atoms with E-state index in [0.717, 1.165) is 43.7 Å². The normalized spacial score (nSPS) is 20.5. The number of ether oxygens (including phenoxy) is 1. The number of amides is 1. The molecule has 1 saturated heterocycles. The Morgan fingerprint density at radius 3 is 2.74 bits per heavy atom. The number of carbonyl (C=O) groups is 1. The first-order valence-electron chi connectivity index (χ1n) is 8.16. The van der Waals surface area contributed by atoms with E-state index in [1.165, 1.54) is 0 Å². The lowest BCUT2D eigenvalue weighted by atomic mass is 10.1. The Labute approximate surface area is 135 Å². The summed E-state index contributed by atoms with van der Waals surface area (Å²) in [6, 6.07) is 9.57. The van der Waals surface area contributed by atoms with Crippen molar-refractivity contribution in [2.24, 2.45) is 5.92 Å². The number of nitrogens with zero attached hydrogens (tertiary/aromatic N) is 3. The molecule has 1 aromatic heterocycles. The second kappa shape index (κ2) is 5.99. The van der Waals surface area contributed by atoms with Gasteiger partial charge in [0.2, 0.25) is 11.8 Å². The smallest absolute Gasteiger partial charge is 0.238 e. The molecule has 5 heteroatoms. The summed E-state index contributed by atoms with van der Waals surface area (Å²) >= 11 is 0. The number of carbonyl (C=O) groups excluding carboxylic acids is 1. The molecule has 0 bridgehead atoms. The van der Waals surface area contributed by atoms with Crippen LogP contribution in [0.25, 0.3) is 0 Å². The van der Waals surface area contributed by atoms with Gasteiger partial charge in [-0.1, -0.05) is 18.2 Å². The molecule has 1 aliphatic carbocycles. The Kier molecular flexibility index (Phi) is 3.69. The highest BCUT2D eigenvalue weighted by Gasteiger charge is 2.39. The van der Waals surface area contributed by atoms with Crippen molar-refractivity contribution in [3.63, 3.8) is 0 Å². The summed E-state index contributed by atoms with van der Waals surface area (Å²) in [7, 11) is 0. The van der Waals surface area contributed by atoms with E-state index in [4.69, 9.17) is 4.74 Å². The van der Waals surface area contributed by atoms with Gasteiger partial charge in [0.25, 0.3) is 0 Å². The van der Waals surface area contributed by atoms with Crippen molar-refractivity contribution >= 4 is 5.91 Å². The van der Waals surface area contributed by atoms with E-state index in [1.807, 2.05) is 35.2 Å². The zero-order valence-electron chi connectivity index (χ0n) is 12.9. The van der Waals surface area contributed by atoms with Crippen LogP contribution >= 0.6 is 0 Å². The molecule has 0 spiro atoms. The molecule has 1 aliphatic heterocycles. The summed E-state index contributed by atoms with van der Waals surface area (Å²) < 4.78 is 5.76.